The lowest BCUT2D eigenvalue weighted by atomic mass is 9.89. The maximum atomic E-state index is 13.3. The first-order valence-corrected chi connectivity index (χ1v) is 11.0. The average molecular weight is 405 g/mol. The molecule has 2 saturated heterocycles. The predicted octanol–water partition coefficient (Wildman–Crippen LogP) is 3.05. The minimum atomic E-state index is 0.0392. The molecule has 1 atom stereocenters. The number of piperidine rings is 2. The fourth-order valence-electron chi connectivity index (χ4n) is 4.93. The summed E-state index contributed by atoms with van der Waals surface area (Å²) in [5, 5.41) is 0. The van der Waals surface area contributed by atoms with Crippen LogP contribution in [-0.2, 0) is 11.2 Å². The molecule has 7 heteroatoms. The molecule has 1 N–H and O–H groups in total. The van der Waals surface area contributed by atoms with Gasteiger partial charge in [-0.05, 0) is 43.6 Å². The summed E-state index contributed by atoms with van der Waals surface area (Å²) >= 11 is 0. The second kappa shape index (κ2) is 8.42. The third kappa shape index (κ3) is 3.88. The minimum Gasteiger partial charge on any atom is -0.354 e. The minimum absolute atomic E-state index is 0.0392. The van der Waals surface area contributed by atoms with Gasteiger partial charge >= 0.3 is 0 Å². The summed E-state index contributed by atoms with van der Waals surface area (Å²) < 4.78 is 0. The van der Waals surface area contributed by atoms with Crippen LogP contribution in [0.2, 0.25) is 0 Å². The van der Waals surface area contributed by atoms with E-state index in [2.05, 4.69) is 60.1 Å². The van der Waals surface area contributed by atoms with Crippen LogP contribution < -0.4 is 4.90 Å². The lowest BCUT2D eigenvalue weighted by Crippen LogP contribution is -2.47. The van der Waals surface area contributed by atoms with E-state index in [1.807, 2.05) is 0 Å². The number of amides is 1. The number of fused-ring (bicyclic) bond motifs is 1. The molecule has 0 aliphatic carbocycles. The summed E-state index contributed by atoms with van der Waals surface area (Å²) in [6, 6.07) is 10.7. The Morgan fingerprint density at radius 3 is 2.70 bits per heavy atom. The molecule has 7 nitrogen and oxygen atoms in total. The van der Waals surface area contributed by atoms with Crippen LogP contribution in [0.15, 0.2) is 43.0 Å². The topological polar surface area (TPSA) is 78.0 Å². The molecule has 4 heterocycles. The van der Waals surface area contributed by atoms with E-state index in [1.165, 1.54) is 5.56 Å². The van der Waals surface area contributed by atoms with E-state index in [0.29, 0.717) is 24.0 Å². The maximum absolute atomic E-state index is 13.3. The van der Waals surface area contributed by atoms with Crippen LogP contribution >= 0.6 is 0 Å². The third-order valence-corrected chi connectivity index (χ3v) is 6.57. The summed E-state index contributed by atoms with van der Waals surface area (Å²) in [5.41, 5.74) is 2.93. The van der Waals surface area contributed by atoms with Gasteiger partial charge in [0, 0.05) is 26.2 Å². The molecule has 156 valence electrons. The maximum Gasteiger partial charge on any atom is 0.227 e. The Balaban J connectivity index is 1.20. The Hall–Kier alpha value is -2.96. The van der Waals surface area contributed by atoms with Gasteiger partial charge in [0.05, 0.1) is 12.2 Å². The molecule has 0 saturated carbocycles. The molecule has 3 aromatic rings. The normalized spacial score (nSPS) is 20.6. The summed E-state index contributed by atoms with van der Waals surface area (Å²) in [7, 11) is 0. The highest BCUT2D eigenvalue weighted by Crippen LogP contribution is 2.28. The zero-order valence-corrected chi connectivity index (χ0v) is 17.2. The van der Waals surface area contributed by atoms with Gasteiger partial charge in [0.2, 0.25) is 5.91 Å². The molecule has 2 aliphatic rings. The van der Waals surface area contributed by atoms with Crippen LogP contribution in [-0.4, -0.2) is 56.9 Å². The Bertz CT molecular complexity index is 995. The van der Waals surface area contributed by atoms with Gasteiger partial charge in [-0.1, -0.05) is 30.3 Å². The number of hydrogen-bond donors (Lipinski definition) is 1. The molecule has 2 aromatic heterocycles. The monoisotopic (exact) mass is 404 g/mol. The molecule has 2 fully saturated rings. The van der Waals surface area contributed by atoms with Gasteiger partial charge in [0.25, 0.3) is 0 Å². The smallest absolute Gasteiger partial charge is 0.227 e. The number of likely N-dealkylation sites (tertiary alicyclic amines) is 1. The molecule has 2 aliphatic heterocycles. The van der Waals surface area contributed by atoms with E-state index in [9.17, 15) is 4.79 Å². The number of aromatic amines is 1. The van der Waals surface area contributed by atoms with Crippen LogP contribution in [0.5, 0.6) is 0 Å². The zero-order valence-electron chi connectivity index (χ0n) is 17.2. The molecule has 5 rings (SSSR count). The third-order valence-electron chi connectivity index (χ3n) is 6.57. The van der Waals surface area contributed by atoms with Crippen molar-refractivity contribution in [2.24, 2.45) is 11.8 Å². The molecule has 1 amide bonds. The summed E-state index contributed by atoms with van der Waals surface area (Å²) in [4.78, 5) is 33.6. The SMILES string of the molecule is O=C([C@H]1CCCN(c2ncnc3nc[nH]c23)C1)N1CCC(Cc2ccccc2)CC1. The largest absolute Gasteiger partial charge is 0.354 e. The van der Waals surface area contributed by atoms with Crippen molar-refractivity contribution in [2.45, 2.75) is 32.1 Å². The van der Waals surface area contributed by atoms with Crippen LogP contribution in [0.3, 0.4) is 0 Å². The van der Waals surface area contributed by atoms with Gasteiger partial charge in [-0.15, -0.1) is 0 Å². The lowest BCUT2D eigenvalue weighted by molar-refractivity contribution is -0.137. The first-order valence-electron chi connectivity index (χ1n) is 11.0. The number of imidazole rings is 1. The average Bonchev–Trinajstić information content (AvgIpc) is 3.29. The number of nitrogens with zero attached hydrogens (tertiary/aromatic N) is 5. The number of carbonyl (C=O) groups is 1. The molecular formula is C23H28N6O. The highest BCUT2D eigenvalue weighted by atomic mass is 16.2. The van der Waals surface area contributed by atoms with Crippen molar-refractivity contribution in [2.75, 3.05) is 31.1 Å². The van der Waals surface area contributed by atoms with E-state index in [4.69, 9.17) is 0 Å². The summed E-state index contributed by atoms with van der Waals surface area (Å²) in [6.07, 6.45) is 8.47. The Morgan fingerprint density at radius 2 is 1.87 bits per heavy atom. The van der Waals surface area contributed by atoms with Crippen molar-refractivity contribution in [3.63, 3.8) is 0 Å². The van der Waals surface area contributed by atoms with E-state index in [1.54, 1.807) is 12.7 Å². The summed E-state index contributed by atoms with van der Waals surface area (Å²) in [6.45, 7) is 3.39. The van der Waals surface area contributed by atoms with Gasteiger partial charge in [0.15, 0.2) is 11.5 Å². The standard InChI is InChI=1S/C23H28N6O/c30-23(28-11-8-18(9-12-28)13-17-5-2-1-3-6-17)19-7-4-10-29(14-19)22-20-21(25-15-24-20)26-16-27-22/h1-3,5-6,15-16,18-19H,4,7-14H2,(H,24,25,26,27)/t19-/m0/s1. The van der Waals surface area contributed by atoms with Gasteiger partial charge in [-0.2, -0.15) is 0 Å². The van der Waals surface area contributed by atoms with E-state index < -0.39 is 0 Å². The molecule has 0 radical (unpaired) electrons. The second-order valence-corrected chi connectivity index (χ2v) is 8.54. The van der Waals surface area contributed by atoms with Gasteiger partial charge < -0.3 is 14.8 Å². The number of H-pyrrole nitrogens is 1. The number of rotatable bonds is 4. The van der Waals surface area contributed by atoms with E-state index in [0.717, 1.165) is 63.1 Å². The first kappa shape index (κ1) is 19.0. The molecule has 0 spiro atoms. The highest BCUT2D eigenvalue weighted by Gasteiger charge is 2.32. The van der Waals surface area contributed by atoms with E-state index in [-0.39, 0.29) is 5.92 Å². The van der Waals surface area contributed by atoms with Crippen LogP contribution in [0.25, 0.3) is 11.2 Å². The van der Waals surface area contributed by atoms with Gasteiger partial charge in [-0.3, -0.25) is 4.79 Å². The van der Waals surface area contributed by atoms with Crippen LogP contribution in [0.1, 0.15) is 31.2 Å². The Kier molecular flexibility index (Phi) is 5.34. The molecule has 30 heavy (non-hydrogen) atoms. The van der Waals surface area contributed by atoms with Crippen molar-refractivity contribution in [1.29, 1.82) is 0 Å². The van der Waals surface area contributed by atoms with Crippen LogP contribution in [0, 0.1) is 11.8 Å². The van der Waals surface area contributed by atoms with Gasteiger partial charge in [-0.25, -0.2) is 15.0 Å². The zero-order chi connectivity index (χ0) is 20.3. The van der Waals surface area contributed by atoms with Crippen molar-refractivity contribution < 1.29 is 4.79 Å². The van der Waals surface area contributed by atoms with Crippen molar-refractivity contribution in [3.05, 3.63) is 48.5 Å². The highest BCUT2D eigenvalue weighted by molar-refractivity contribution is 5.84. The lowest BCUT2D eigenvalue weighted by Gasteiger charge is -2.38. The second-order valence-electron chi connectivity index (χ2n) is 8.54. The van der Waals surface area contributed by atoms with Gasteiger partial charge in [0.1, 0.15) is 11.8 Å². The van der Waals surface area contributed by atoms with Crippen molar-refractivity contribution in [1.82, 2.24) is 24.8 Å². The van der Waals surface area contributed by atoms with Crippen LogP contribution in [0.4, 0.5) is 5.82 Å². The molecule has 0 unspecified atom stereocenters. The van der Waals surface area contributed by atoms with Crippen molar-refractivity contribution >= 4 is 22.9 Å². The number of carbonyl (C=O) groups excluding carboxylic acids is 1. The molecule has 0 bridgehead atoms. The molecular weight excluding hydrogens is 376 g/mol. The number of aromatic nitrogens is 4. The van der Waals surface area contributed by atoms with E-state index >= 15 is 0 Å². The first-order chi connectivity index (χ1) is 14.8. The number of benzene rings is 1. The Labute approximate surface area is 176 Å². The predicted molar refractivity (Wildman–Crippen MR) is 116 cm³/mol. The fraction of sp³-hybridized carbons (Fsp3) is 0.478. The molecule has 1 aromatic carbocycles. The number of hydrogen-bond acceptors (Lipinski definition) is 5. The van der Waals surface area contributed by atoms with Crippen molar-refractivity contribution in [3.8, 4) is 0 Å². The summed E-state index contributed by atoms with van der Waals surface area (Å²) in [5.74, 6) is 1.88. The number of nitrogens with one attached hydrogen (secondary N) is 1. The number of anilines is 1. The fourth-order valence-corrected chi connectivity index (χ4v) is 4.93. The quantitative estimate of drug-likeness (QED) is 0.723. The Morgan fingerprint density at radius 1 is 1.03 bits per heavy atom.